The molecule has 0 unspecified atom stereocenters. The van der Waals surface area contributed by atoms with Crippen LogP contribution >= 0.6 is 0 Å². The number of para-hydroxylation sites is 2. The fourth-order valence-electron chi connectivity index (χ4n) is 7.00. The van der Waals surface area contributed by atoms with Gasteiger partial charge in [0.1, 0.15) is 5.52 Å². The van der Waals surface area contributed by atoms with Crippen molar-refractivity contribution in [1.82, 2.24) is 24.5 Å². The van der Waals surface area contributed by atoms with Crippen LogP contribution in [0.4, 0.5) is 0 Å². The van der Waals surface area contributed by atoms with E-state index >= 15 is 0 Å². The van der Waals surface area contributed by atoms with Crippen molar-refractivity contribution < 1.29 is 4.42 Å². The molecule has 0 radical (unpaired) electrons. The van der Waals surface area contributed by atoms with Gasteiger partial charge in [-0.25, -0.2) is 19.9 Å². The summed E-state index contributed by atoms with van der Waals surface area (Å²) in [6.07, 6.45) is 0. The number of rotatable bonds is 5. The van der Waals surface area contributed by atoms with Crippen molar-refractivity contribution in [3.8, 4) is 51.3 Å². The maximum atomic E-state index is 6.84. The van der Waals surface area contributed by atoms with Gasteiger partial charge >= 0.3 is 0 Å². The van der Waals surface area contributed by atoms with Gasteiger partial charge in [0, 0.05) is 44.1 Å². The summed E-state index contributed by atoms with van der Waals surface area (Å²) in [5.41, 5.74) is 8.20. The van der Waals surface area contributed by atoms with Crippen molar-refractivity contribution in [2.45, 2.75) is 0 Å². The Morgan fingerprint density at radius 1 is 0.440 bits per heavy atom. The highest BCUT2D eigenvalue weighted by atomic mass is 16.3. The van der Waals surface area contributed by atoms with Crippen LogP contribution in [0.15, 0.2) is 168 Å². The first-order valence-electron chi connectivity index (χ1n) is 16.6. The lowest BCUT2D eigenvalue weighted by Gasteiger charge is -2.11. The summed E-state index contributed by atoms with van der Waals surface area (Å²) in [5, 5.41) is 4.26. The molecule has 0 aliphatic heterocycles. The van der Waals surface area contributed by atoms with Crippen LogP contribution in [0.25, 0.3) is 95.0 Å². The molecule has 3 heterocycles. The van der Waals surface area contributed by atoms with E-state index in [4.69, 9.17) is 24.4 Å². The zero-order chi connectivity index (χ0) is 33.0. The minimum absolute atomic E-state index is 0.532. The molecule has 0 saturated carbocycles. The van der Waals surface area contributed by atoms with Gasteiger partial charge in [-0.1, -0.05) is 121 Å². The SMILES string of the molecule is c1ccc(-c2nc(-c3ccccc3)nc(-c3cc4ccc5c(c6ccccc6n5-c5ccccc5)c4c4oc(-c5ccccc5)nc34)n2)cc1. The van der Waals surface area contributed by atoms with Crippen LogP contribution in [0.5, 0.6) is 0 Å². The second-order valence-electron chi connectivity index (χ2n) is 12.3. The third-order valence-corrected chi connectivity index (χ3v) is 9.26. The smallest absolute Gasteiger partial charge is 0.227 e. The van der Waals surface area contributed by atoms with Crippen LogP contribution in [0.1, 0.15) is 0 Å². The van der Waals surface area contributed by atoms with Gasteiger partial charge in [0.05, 0.1) is 11.0 Å². The Balaban J connectivity index is 1.33. The van der Waals surface area contributed by atoms with Gasteiger partial charge in [0.25, 0.3) is 0 Å². The summed E-state index contributed by atoms with van der Waals surface area (Å²) < 4.78 is 9.16. The molecule has 10 aromatic rings. The highest BCUT2D eigenvalue weighted by Crippen LogP contribution is 2.43. The van der Waals surface area contributed by atoms with Crippen molar-refractivity contribution >= 4 is 43.7 Å². The minimum Gasteiger partial charge on any atom is -0.435 e. The molecule has 7 aromatic carbocycles. The van der Waals surface area contributed by atoms with E-state index in [2.05, 4.69) is 71.3 Å². The third-order valence-electron chi connectivity index (χ3n) is 9.26. The first-order valence-corrected chi connectivity index (χ1v) is 16.6. The molecule has 0 aliphatic rings. The fourth-order valence-corrected chi connectivity index (χ4v) is 7.00. The van der Waals surface area contributed by atoms with Crippen LogP contribution in [-0.4, -0.2) is 24.5 Å². The highest BCUT2D eigenvalue weighted by Gasteiger charge is 2.24. The summed E-state index contributed by atoms with van der Waals surface area (Å²) in [6.45, 7) is 0. The van der Waals surface area contributed by atoms with E-state index in [0.717, 1.165) is 60.5 Å². The molecule has 6 nitrogen and oxygen atoms in total. The summed E-state index contributed by atoms with van der Waals surface area (Å²) in [5.74, 6) is 2.26. The van der Waals surface area contributed by atoms with E-state index in [1.165, 1.54) is 0 Å². The molecular formula is C44H27N5O. The fraction of sp³-hybridized carbons (Fsp3) is 0. The summed E-state index contributed by atoms with van der Waals surface area (Å²) in [4.78, 5) is 20.3. The Morgan fingerprint density at radius 2 is 1.00 bits per heavy atom. The Morgan fingerprint density at radius 3 is 1.66 bits per heavy atom. The number of fused-ring (bicyclic) bond motifs is 7. The van der Waals surface area contributed by atoms with E-state index in [-0.39, 0.29) is 0 Å². The molecule has 0 N–H and O–H groups in total. The maximum Gasteiger partial charge on any atom is 0.227 e. The average molecular weight is 642 g/mol. The quantitative estimate of drug-likeness (QED) is 0.187. The second kappa shape index (κ2) is 11.4. The van der Waals surface area contributed by atoms with Crippen LogP contribution in [-0.2, 0) is 0 Å². The summed E-state index contributed by atoms with van der Waals surface area (Å²) in [7, 11) is 0. The van der Waals surface area contributed by atoms with E-state index < -0.39 is 0 Å². The third kappa shape index (κ3) is 4.50. The Labute approximate surface area is 287 Å². The van der Waals surface area contributed by atoms with Crippen LogP contribution < -0.4 is 0 Å². The number of hydrogen-bond donors (Lipinski definition) is 0. The predicted molar refractivity (Wildman–Crippen MR) is 201 cm³/mol. The van der Waals surface area contributed by atoms with Crippen molar-refractivity contribution in [3.05, 3.63) is 164 Å². The number of nitrogens with zero attached hydrogens (tertiary/aromatic N) is 5. The molecule has 0 amide bonds. The lowest BCUT2D eigenvalue weighted by molar-refractivity contribution is 0.623. The predicted octanol–water partition coefficient (Wildman–Crippen LogP) is 10.9. The van der Waals surface area contributed by atoms with Gasteiger partial charge in [0.2, 0.25) is 5.89 Å². The molecular weight excluding hydrogens is 615 g/mol. The van der Waals surface area contributed by atoms with Gasteiger partial charge < -0.3 is 8.98 Å². The number of benzene rings is 7. The Bertz CT molecular complexity index is 2790. The van der Waals surface area contributed by atoms with Crippen molar-refractivity contribution in [1.29, 1.82) is 0 Å². The van der Waals surface area contributed by atoms with E-state index in [1.54, 1.807) is 0 Å². The molecule has 234 valence electrons. The molecule has 10 rings (SSSR count). The van der Waals surface area contributed by atoms with Crippen LogP contribution in [0.3, 0.4) is 0 Å². The molecule has 0 atom stereocenters. The molecule has 0 spiro atoms. The van der Waals surface area contributed by atoms with Crippen molar-refractivity contribution in [2.24, 2.45) is 0 Å². The monoisotopic (exact) mass is 641 g/mol. The van der Waals surface area contributed by atoms with Gasteiger partial charge in [0.15, 0.2) is 23.1 Å². The van der Waals surface area contributed by atoms with Gasteiger partial charge in [-0.15, -0.1) is 0 Å². The molecule has 0 fully saturated rings. The molecule has 6 heteroatoms. The zero-order valence-electron chi connectivity index (χ0n) is 26.7. The standard InChI is InChI=1S/C44H27N5O/c1-5-15-28(16-6-1)41-46-42(29-17-7-2-8-18-29)48-43(47-41)34-27-31-25-26-36-38(33-23-13-14-24-35(33)49(36)32-21-11-4-12-22-32)37(31)40-39(34)45-44(50-40)30-19-9-3-10-20-30/h1-27H. The van der Waals surface area contributed by atoms with Crippen LogP contribution in [0, 0.1) is 0 Å². The zero-order valence-corrected chi connectivity index (χ0v) is 26.7. The molecule has 0 saturated heterocycles. The van der Waals surface area contributed by atoms with Crippen LogP contribution in [0.2, 0.25) is 0 Å². The lowest BCUT2D eigenvalue weighted by Crippen LogP contribution is -2.00. The lowest BCUT2D eigenvalue weighted by atomic mass is 9.99. The Hall–Kier alpha value is -6.92. The second-order valence-corrected chi connectivity index (χ2v) is 12.3. The highest BCUT2D eigenvalue weighted by molar-refractivity contribution is 6.28. The first kappa shape index (κ1) is 28.1. The molecule has 0 aliphatic carbocycles. The van der Waals surface area contributed by atoms with E-state index in [9.17, 15) is 0 Å². The average Bonchev–Trinajstić information content (AvgIpc) is 3.79. The van der Waals surface area contributed by atoms with Crippen molar-refractivity contribution in [2.75, 3.05) is 0 Å². The summed E-state index contributed by atoms with van der Waals surface area (Å²) >= 11 is 0. The minimum atomic E-state index is 0.532. The number of oxazole rings is 1. The first-order chi connectivity index (χ1) is 24.8. The van der Waals surface area contributed by atoms with Crippen molar-refractivity contribution in [3.63, 3.8) is 0 Å². The summed E-state index contributed by atoms with van der Waals surface area (Å²) in [6, 6.07) is 55.7. The molecule has 0 bridgehead atoms. The van der Waals surface area contributed by atoms with Gasteiger partial charge in [-0.3, -0.25) is 0 Å². The number of aromatic nitrogens is 5. The largest absolute Gasteiger partial charge is 0.435 e. The normalized spacial score (nSPS) is 11.6. The number of hydrogen-bond acceptors (Lipinski definition) is 5. The topological polar surface area (TPSA) is 69.6 Å². The van der Waals surface area contributed by atoms with Gasteiger partial charge in [-0.2, -0.15) is 0 Å². The Kier molecular flexibility index (Phi) is 6.39. The van der Waals surface area contributed by atoms with E-state index in [1.807, 2.05) is 97.1 Å². The maximum absolute atomic E-state index is 6.84. The molecule has 50 heavy (non-hydrogen) atoms. The van der Waals surface area contributed by atoms with Gasteiger partial charge in [-0.05, 0) is 47.9 Å². The molecule has 3 aromatic heterocycles. The van der Waals surface area contributed by atoms with E-state index in [0.29, 0.717) is 34.5 Å².